The number of likely N-dealkylation sites (tertiary alicyclic amines) is 2. The van der Waals surface area contributed by atoms with Crippen LogP contribution in [0.15, 0.2) is 18.2 Å². The highest BCUT2D eigenvalue weighted by Gasteiger charge is 2.16. The van der Waals surface area contributed by atoms with Gasteiger partial charge in [-0.1, -0.05) is 18.9 Å². The fraction of sp³-hybridized carbons (Fsp3) is 0.714. The van der Waals surface area contributed by atoms with Gasteiger partial charge in [0.15, 0.2) is 11.5 Å². The molecule has 2 aliphatic rings. The lowest BCUT2D eigenvalue weighted by Gasteiger charge is -2.23. The van der Waals surface area contributed by atoms with Gasteiger partial charge < -0.3 is 19.5 Å². The number of methoxy groups -OCH3 is 1. The zero-order chi connectivity index (χ0) is 18.2. The number of rotatable bonds is 8. The minimum Gasteiger partial charge on any atom is -0.493 e. The molecule has 146 valence electrons. The van der Waals surface area contributed by atoms with Crippen LogP contribution in [0, 0.1) is 0 Å². The van der Waals surface area contributed by atoms with Gasteiger partial charge in [-0.15, -0.1) is 0 Å². The molecule has 2 fully saturated rings. The number of aliphatic hydroxyl groups is 1. The molecule has 0 bridgehead atoms. The van der Waals surface area contributed by atoms with E-state index in [4.69, 9.17) is 9.47 Å². The van der Waals surface area contributed by atoms with Gasteiger partial charge in [-0.25, -0.2) is 0 Å². The SMILES string of the molecule is COc1cc(CN2CCCC2)ccc1OCC(O)CN1CCCCCC1. The fourth-order valence-corrected chi connectivity index (χ4v) is 3.98. The molecule has 5 heteroatoms. The van der Waals surface area contributed by atoms with Crippen molar-refractivity contribution in [2.24, 2.45) is 0 Å². The van der Waals surface area contributed by atoms with Gasteiger partial charge in [0, 0.05) is 13.1 Å². The van der Waals surface area contributed by atoms with Crippen molar-refractivity contribution in [1.82, 2.24) is 9.80 Å². The monoisotopic (exact) mass is 362 g/mol. The molecule has 1 aromatic carbocycles. The molecule has 3 rings (SSSR count). The van der Waals surface area contributed by atoms with Crippen molar-refractivity contribution in [1.29, 1.82) is 0 Å². The molecule has 1 unspecified atom stereocenters. The zero-order valence-electron chi connectivity index (χ0n) is 16.2. The van der Waals surface area contributed by atoms with Gasteiger partial charge in [-0.2, -0.15) is 0 Å². The predicted molar refractivity (Wildman–Crippen MR) is 104 cm³/mol. The van der Waals surface area contributed by atoms with Crippen molar-refractivity contribution in [3.8, 4) is 11.5 Å². The van der Waals surface area contributed by atoms with Crippen LogP contribution < -0.4 is 9.47 Å². The molecular formula is C21H34N2O3. The number of nitrogens with zero attached hydrogens (tertiary/aromatic N) is 2. The number of hydrogen-bond donors (Lipinski definition) is 1. The summed E-state index contributed by atoms with van der Waals surface area (Å²) < 4.78 is 11.4. The van der Waals surface area contributed by atoms with Gasteiger partial charge in [-0.3, -0.25) is 4.90 Å². The second kappa shape index (κ2) is 10.1. The van der Waals surface area contributed by atoms with Crippen LogP contribution in [0.1, 0.15) is 44.1 Å². The highest BCUT2D eigenvalue weighted by molar-refractivity contribution is 5.43. The molecule has 26 heavy (non-hydrogen) atoms. The summed E-state index contributed by atoms with van der Waals surface area (Å²) in [5.74, 6) is 1.47. The van der Waals surface area contributed by atoms with Crippen molar-refractivity contribution in [3.05, 3.63) is 23.8 Å². The van der Waals surface area contributed by atoms with Crippen molar-refractivity contribution >= 4 is 0 Å². The lowest BCUT2D eigenvalue weighted by molar-refractivity contribution is 0.0683. The molecule has 0 aromatic heterocycles. The third-order valence-corrected chi connectivity index (χ3v) is 5.43. The van der Waals surface area contributed by atoms with E-state index >= 15 is 0 Å². The predicted octanol–water partition coefficient (Wildman–Crippen LogP) is 2.91. The quantitative estimate of drug-likeness (QED) is 0.770. The Morgan fingerprint density at radius 1 is 0.923 bits per heavy atom. The normalized spacial score (nSPS) is 20.7. The van der Waals surface area contributed by atoms with E-state index in [-0.39, 0.29) is 0 Å². The second-order valence-corrected chi connectivity index (χ2v) is 7.65. The van der Waals surface area contributed by atoms with Crippen LogP contribution in [-0.4, -0.2) is 67.5 Å². The minimum absolute atomic E-state index is 0.304. The average molecular weight is 363 g/mol. The Balaban J connectivity index is 1.49. The van der Waals surface area contributed by atoms with E-state index < -0.39 is 6.10 Å². The smallest absolute Gasteiger partial charge is 0.161 e. The molecule has 0 amide bonds. The first kappa shape index (κ1) is 19.5. The van der Waals surface area contributed by atoms with Gasteiger partial charge in [0.2, 0.25) is 0 Å². The summed E-state index contributed by atoms with van der Waals surface area (Å²) in [6.07, 6.45) is 7.22. The Labute approximate surface area is 157 Å². The van der Waals surface area contributed by atoms with E-state index in [1.54, 1.807) is 7.11 Å². The Hall–Kier alpha value is -1.30. The van der Waals surface area contributed by atoms with Gasteiger partial charge >= 0.3 is 0 Å². The molecular weight excluding hydrogens is 328 g/mol. The van der Waals surface area contributed by atoms with E-state index in [2.05, 4.69) is 21.9 Å². The van der Waals surface area contributed by atoms with Gasteiger partial charge in [0.1, 0.15) is 12.7 Å². The Bertz CT molecular complexity index is 538. The molecule has 0 saturated carbocycles. The van der Waals surface area contributed by atoms with Crippen molar-refractivity contribution < 1.29 is 14.6 Å². The maximum Gasteiger partial charge on any atom is 0.161 e. The standard InChI is InChI=1S/C21H34N2O3/c1-25-21-14-18(15-22-12-6-7-13-22)8-9-20(21)26-17-19(24)16-23-10-4-2-3-5-11-23/h8-9,14,19,24H,2-7,10-13,15-17H2,1H3. The molecule has 1 N–H and O–H groups in total. The summed E-state index contributed by atoms with van der Waals surface area (Å²) in [5, 5.41) is 10.3. The Kier molecular flexibility index (Phi) is 7.59. The molecule has 0 radical (unpaired) electrons. The van der Waals surface area contributed by atoms with E-state index in [9.17, 15) is 5.11 Å². The average Bonchev–Trinajstić information content (AvgIpc) is 3.03. The van der Waals surface area contributed by atoms with Gasteiger partial charge in [0.05, 0.1) is 7.11 Å². The topological polar surface area (TPSA) is 45.2 Å². The van der Waals surface area contributed by atoms with Gasteiger partial charge in [0.25, 0.3) is 0 Å². The number of ether oxygens (including phenoxy) is 2. The number of hydrogen-bond acceptors (Lipinski definition) is 5. The van der Waals surface area contributed by atoms with Crippen LogP contribution in [0.25, 0.3) is 0 Å². The van der Waals surface area contributed by atoms with E-state index in [1.165, 1.54) is 57.2 Å². The molecule has 2 aliphatic heterocycles. The summed E-state index contributed by atoms with van der Waals surface area (Å²) in [7, 11) is 1.68. The van der Waals surface area contributed by atoms with Crippen LogP contribution in [-0.2, 0) is 6.54 Å². The van der Waals surface area contributed by atoms with Crippen LogP contribution in [0.2, 0.25) is 0 Å². The summed E-state index contributed by atoms with van der Waals surface area (Å²) in [5.41, 5.74) is 1.25. The molecule has 2 saturated heterocycles. The maximum atomic E-state index is 10.3. The summed E-state index contributed by atoms with van der Waals surface area (Å²) in [4.78, 5) is 4.83. The maximum absolute atomic E-state index is 10.3. The summed E-state index contributed by atoms with van der Waals surface area (Å²) >= 11 is 0. The second-order valence-electron chi connectivity index (χ2n) is 7.65. The highest BCUT2D eigenvalue weighted by atomic mass is 16.5. The Morgan fingerprint density at radius 3 is 2.27 bits per heavy atom. The van der Waals surface area contributed by atoms with Crippen molar-refractivity contribution in [2.75, 3.05) is 46.4 Å². The van der Waals surface area contributed by atoms with Crippen LogP contribution >= 0.6 is 0 Å². The van der Waals surface area contributed by atoms with Crippen LogP contribution in [0.5, 0.6) is 11.5 Å². The lowest BCUT2D eigenvalue weighted by Crippen LogP contribution is -2.36. The first-order valence-corrected chi connectivity index (χ1v) is 10.2. The third-order valence-electron chi connectivity index (χ3n) is 5.43. The lowest BCUT2D eigenvalue weighted by atomic mass is 10.2. The molecule has 5 nitrogen and oxygen atoms in total. The summed E-state index contributed by atoms with van der Waals surface area (Å²) in [6, 6.07) is 6.15. The zero-order valence-corrected chi connectivity index (χ0v) is 16.2. The van der Waals surface area contributed by atoms with Crippen molar-refractivity contribution in [2.45, 2.75) is 51.2 Å². The minimum atomic E-state index is -0.470. The summed E-state index contributed by atoms with van der Waals surface area (Å²) in [6.45, 7) is 6.51. The first-order valence-electron chi connectivity index (χ1n) is 10.2. The Morgan fingerprint density at radius 2 is 1.58 bits per heavy atom. The largest absolute Gasteiger partial charge is 0.493 e. The molecule has 1 aromatic rings. The fourth-order valence-electron chi connectivity index (χ4n) is 3.98. The molecule has 1 atom stereocenters. The van der Waals surface area contributed by atoms with E-state index in [0.717, 1.165) is 25.4 Å². The number of benzene rings is 1. The first-order chi connectivity index (χ1) is 12.7. The van der Waals surface area contributed by atoms with Crippen LogP contribution in [0.4, 0.5) is 0 Å². The molecule has 0 aliphatic carbocycles. The van der Waals surface area contributed by atoms with Crippen molar-refractivity contribution in [3.63, 3.8) is 0 Å². The van der Waals surface area contributed by atoms with Crippen LogP contribution in [0.3, 0.4) is 0 Å². The molecule has 2 heterocycles. The van der Waals surface area contributed by atoms with E-state index in [0.29, 0.717) is 18.9 Å². The molecule has 0 spiro atoms. The number of β-amino-alcohol motifs (C(OH)–C–C–N with tert-alkyl or cyclic N) is 1. The highest BCUT2D eigenvalue weighted by Crippen LogP contribution is 2.29. The number of aliphatic hydroxyl groups excluding tert-OH is 1. The van der Waals surface area contributed by atoms with Gasteiger partial charge in [-0.05, 0) is 69.6 Å². The van der Waals surface area contributed by atoms with E-state index in [1.807, 2.05) is 6.07 Å². The third kappa shape index (κ3) is 5.86.